The van der Waals surface area contributed by atoms with Crippen molar-refractivity contribution in [3.63, 3.8) is 0 Å². The van der Waals surface area contributed by atoms with Gasteiger partial charge in [0.2, 0.25) is 10.0 Å². The SMILES string of the molecule is CNc1snc(C)c1C(=O)N1CCN(S(=O)(=O)c2cc(C)ccc2C)CC1. The zero-order valence-electron chi connectivity index (χ0n) is 15.9. The average Bonchev–Trinajstić information content (AvgIpc) is 3.03. The lowest BCUT2D eigenvalue weighted by Crippen LogP contribution is -2.50. The van der Waals surface area contributed by atoms with Gasteiger partial charge in [0, 0.05) is 33.2 Å². The van der Waals surface area contributed by atoms with E-state index in [0.29, 0.717) is 29.2 Å². The highest BCUT2D eigenvalue weighted by atomic mass is 32.2. The molecule has 0 bridgehead atoms. The predicted octanol–water partition coefficient (Wildman–Crippen LogP) is 2.26. The Morgan fingerprint density at radius 3 is 2.44 bits per heavy atom. The number of hydrogen-bond donors (Lipinski definition) is 1. The number of piperazine rings is 1. The van der Waals surface area contributed by atoms with Gasteiger partial charge in [-0.25, -0.2) is 8.42 Å². The van der Waals surface area contributed by atoms with Gasteiger partial charge in [-0.05, 0) is 49.5 Å². The topological polar surface area (TPSA) is 82.6 Å². The van der Waals surface area contributed by atoms with Crippen LogP contribution in [0.3, 0.4) is 0 Å². The minimum atomic E-state index is -3.57. The second-order valence-corrected chi connectivity index (χ2v) is 9.37. The summed E-state index contributed by atoms with van der Waals surface area (Å²) in [4.78, 5) is 14.9. The molecule has 7 nitrogen and oxygen atoms in total. The number of aryl methyl sites for hydroxylation is 3. The number of hydrogen-bond acceptors (Lipinski definition) is 6. The largest absolute Gasteiger partial charge is 0.378 e. The molecule has 0 aliphatic carbocycles. The number of benzene rings is 1. The molecule has 0 atom stereocenters. The summed E-state index contributed by atoms with van der Waals surface area (Å²) in [5, 5.41) is 3.74. The maximum absolute atomic E-state index is 13.0. The molecule has 9 heteroatoms. The zero-order valence-corrected chi connectivity index (χ0v) is 17.6. The molecule has 3 rings (SSSR count). The van der Waals surface area contributed by atoms with Crippen molar-refractivity contribution >= 4 is 32.5 Å². The Morgan fingerprint density at radius 2 is 1.81 bits per heavy atom. The third kappa shape index (κ3) is 3.71. The number of aromatic nitrogens is 1. The van der Waals surface area contributed by atoms with Gasteiger partial charge in [0.15, 0.2) is 0 Å². The molecule has 1 aliphatic heterocycles. The van der Waals surface area contributed by atoms with Crippen molar-refractivity contribution in [1.82, 2.24) is 13.6 Å². The molecule has 1 amide bonds. The standard InChI is InChI=1S/C18H24N4O3S2/c1-12-5-6-13(2)15(11-12)27(24,25)22-9-7-21(8-10-22)18(23)16-14(3)20-26-17(16)19-4/h5-6,11,19H,7-10H2,1-4H3. The lowest BCUT2D eigenvalue weighted by atomic mass is 10.2. The van der Waals surface area contributed by atoms with E-state index in [2.05, 4.69) is 9.69 Å². The predicted molar refractivity (Wildman–Crippen MR) is 107 cm³/mol. The van der Waals surface area contributed by atoms with Crippen LogP contribution in [0, 0.1) is 20.8 Å². The molecular weight excluding hydrogens is 384 g/mol. The number of rotatable bonds is 4. The van der Waals surface area contributed by atoms with Crippen LogP contribution in [0.25, 0.3) is 0 Å². The van der Waals surface area contributed by atoms with Crippen molar-refractivity contribution in [1.29, 1.82) is 0 Å². The zero-order chi connectivity index (χ0) is 19.8. The Bertz CT molecular complexity index is 961. The van der Waals surface area contributed by atoms with E-state index in [-0.39, 0.29) is 19.0 Å². The van der Waals surface area contributed by atoms with Crippen LogP contribution in [0.2, 0.25) is 0 Å². The highest BCUT2D eigenvalue weighted by Gasteiger charge is 2.32. The number of nitrogens with one attached hydrogen (secondary N) is 1. The highest BCUT2D eigenvalue weighted by molar-refractivity contribution is 7.89. The molecule has 1 saturated heterocycles. The number of carbonyl (C=O) groups is 1. The van der Waals surface area contributed by atoms with Crippen LogP contribution in [0.1, 0.15) is 27.2 Å². The third-order valence-electron chi connectivity index (χ3n) is 4.79. The lowest BCUT2D eigenvalue weighted by Gasteiger charge is -2.34. The molecule has 2 aromatic rings. The lowest BCUT2D eigenvalue weighted by molar-refractivity contribution is 0.0698. The molecule has 0 spiro atoms. The first-order chi connectivity index (χ1) is 12.8. The van der Waals surface area contributed by atoms with E-state index in [1.165, 1.54) is 15.8 Å². The summed E-state index contributed by atoms with van der Waals surface area (Å²) in [7, 11) is -1.80. The van der Waals surface area contributed by atoms with Gasteiger partial charge in [-0.3, -0.25) is 4.79 Å². The Morgan fingerprint density at radius 1 is 1.15 bits per heavy atom. The molecular formula is C18H24N4O3S2. The molecule has 1 fully saturated rings. The fourth-order valence-electron chi connectivity index (χ4n) is 3.21. The number of nitrogens with zero attached hydrogens (tertiary/aromatic N) is 3. The van der Waals surface area contributed by atoms with Crippen molar-refractivity contribution in [2.45, 2.75) is 25.7 Å². The highest BCUT2D eigenvalue weighted by Crippen LogP contribution is 2.27. The van der Waals surface area contributed by atoms with Crippen LogP contribution < -0.4 is 5.32 Å². The quantitative estimate of drug-likeness (QED) is 0.839. The first kappa shape index (κ1) is 19.8. The number of carbonyl (C=O) groups excluding carboxylic acids is 1. The maximum Gasteiger partial charge on any atom is 0.258 e. The Kier molecular flexibility index (Phi) is 5.55. The Hall–Kier alpha value is -1.97. The van der Waals surface area contributed by atoms with Crippen LogP contribution in [0.4, 0.5) is 5.00 Å². The molecule has 0 unspecified atom stereocenters. The minimum absolute atomic E-state index is 0.102. The Labute approximate surface area is 164 Å². The Balaban J connectivity index is 1.76. The first-order valence-electron chi connectivity index (χ1n) is 8.76. The van der Waals surface area contributed by atoms with E-state index in [4.69, 9.17) is 0 Å². The van der Waals surface area contributed by atoms with E-state index < -0.39 is 10.0 Å². The average molecular weight is 409 g/mol. The van der Waals surface area contributed by atoms with Crippen LogP contribution >= 0.6 is 11.5 Å². The van der Waals surface area contributed by atoms with E-state index >= 15 is 0 Å². The van der Waals surface area contributed by atoms with Crippen LogP contribution in [0.15, 0.2) is 23.1 Å². The molecule has 0 saturated carbocycles. The molecule has 1 aromatic heterocycles. The van der Waals surface area contributed by atoms with Gasteiger partial charge in [0.05, 0.1) is 16.2 Å². The summed E-state index contributed by atoms with van der Waals surface area (Å²) < 4.78 is 31.8. The summed E-state index contributed by atoms with van der Waals surface area (Å²) in [5.41, 5.74) is 2.92. The van der Waals surface area contributed by atoms with Crippen molar-refractivity contribution in [2.75, 3.05) is 38.5 Å². The number of amides is 1. The van der Waals surface area contributed by atoms with Crippen LogP contribution in [-0.2, 0) is 10.0 Å². The summed E-state index contributed by atoms with van der Waals surface area (Å²) in [6, 6.07) is 5.44. The normalized spacial score (nSPS) is 15.8. The summed E-state index contributed by atoms with van der Waals surface area (Å²) in [6.45, 7) is 6.79. The van der Waals surface area contributed by atoms with Gasteiger partial charge < -0.3 is 10.2 Å². The second-order valence-electron chi connectivity index (χ2n) is 6.69. The van der Waals surface area contributed by atoms with Crippen LogP contribution in [-0.4, -0.2) is 61.1 Å². The van der Waals surface area contributed by atoms with Crippen LogP contribution in [0.5, 0.6) is 0 Å². The van der Waals surface area contributed by atoms with Gasteiger partial charge >= 0.3 is 0 Å². The molecule has 27 heavy (non-hydrogen) atoms. The van der Waals surface area contributed by atoms with E-state index in [1.807, 2.05) is 26.0 Å². The van der Waals surface area contributed by atoms with Gasteiger partial charge in [-0.1, -0.05) is 12.1 Å². The number of anilines is 1. The fraction of sp³-hybridized carbons (Fsp3) is 0.444. The maximum atomic E-state index is 13.0. The summed E-state index contributed by atoms with van der Waals surface area (Å²) in [6.07, 6.45) is 0. The second kappa shape index (κ2) is 7.57. The smallest absolute Gasteiger partial charge is 0.258 e. The first-order valence-corrected chi connectivity index (χ1v) is 11.0. The van der Waals surface area contributed by atoms with Crippen molar-refractivity contribution in [2.24, 2.45) is 0 Å². The molecule has 1 aromatic carbocycles. The molecule has 2 heterocycles. The third-order valence-corrected chi connectivity index (χ3v) is 7.79. The van der Waals surface area contributed by atoms with Gasteiger partial charge in [-0.15, -0.1) is 0 Å². The fourth-order valence-corrected chi connectivity index (χ4v) is 5.68. The van der Waals surface area contributed by atoms with E-state index in [0.717, 1.165) is 16.1 Å². The van der Waals surface area contributed by atoms with Gasteiger partial charge in [-0.2, -0.15) is 8.68 Å². The molecule has 146 valence electrons. The number of sulfonamides is 1. The van der Waals surface area contributed by atoms with Gasteiger partial charge in [0.1, 0.15) is 5.00 Å². The van der Waals surface area contributed by atoms with Gasteiger partial charge in [0.25, 0.3) is 5.91 Å². The molecule has 0 radical (unpaired) electrons. The monoisotopic (exact) mass is 408 g/mol. The van der Waals surface area contributed by atoms with E-state index in [1.54, 1.807) is 24.9 Å². The van der Waals surface area contributed by atoms with E-state index in [9.17, 15) is 13.2 Å². The van der Waals surface area contributed by atoms with Crippen molar-refractivity contribution in [3.05, 3.63) is 40.6 Å². The van der Waals surface area contributed by atoms with Crippen molar-refractivity contribution < 1.29 is 13.2 Å². The van der Waals surface area contributed by atoms with Crippen molar-refractivity contribution in [3.8, 4) is 0 Å². The molecule has 1 aliphatic rings. The molecule has 1 N–H and O–H groups in total. The minimum Gasteiger partial charge on any atom is -0.378 e. The summed E-state index contributed by atoms with van der Waals surface area (Å²) >= 11 is 1.26. The summed E-state index contributed by atoms with van der Waals surface area (Å²) in [5.74, 6) is -0.102.